The van der Waals surface area contributed by atoms with Crippen molar-refractivity contribution in [2.45, 2.75) is 65.5 Å². The third kappa shape index (κ3) is 4.10. The van der Waals surface area contributed by atoms with Gasteiger partial charge >= 0.3 is 0 Å². The molecule has 1 aliphatic heterocycles. The van der Waals surface area contributed by atoms with Crippen molar-refractivity contribution < 1.29 is 4.74 Å². The van der Waals surface area contributed by atoms with Crippen molar-refractivity contribution in [3.05, 3.63) is 47.0 Å². The quantitative estimate of drug-likeness (QED) is 0.776. The highest BCUT2D eigenvalue weighted by molar-refractivity contribution is 5.29. The van der Waals surface area contributed by atoms with Crippen LogP contribution in [0.5, 0.6) is 0 Å². The number of fused-ring (bicyclic) bond motifs is 1. The Morgan fingerprint density at radius 2 is 2.16 bits per heavy atom. The van der Waals surface area contributed by atoms with Crippen LogP contribution >= 0.6 is 0 Å². The molecule has 0 radical (unpaired) electrons. The minimum Gasteiger partial charge on any atom is -0.372 e. The zero-order chi connectivity index (χ0) is 17.2. The Kier molecular flexibility index (Phi) is 4.86. The highest BCUT2D eigenvalue weighted by Gasteiger charge is 2.29. The van der Waals surface area contributed by atoms with Gasteiger partial charge in [0.2, 0.25) is 0 Å². The first-order valence-electron chi connectivity index (χ1n) is 9.50. The van der Waals surface area contributed by atoms with Crippen LogP contribution < -0.4 is 0 Å². The maximum atomic E-state index is 5.87. The molecular formula is C20H28N4O. The zero-order valence-electron chi connectivity index (χ0n) is 15.3. The summed E-state index contributed by atoms with van der Waals surface area (Å²) < 4.78 is 8.16. The molecule has 2 aromatic heterocycles. The monoisotopic (exact) mass is 340 g/mol. The van der Waals surface area contributed by atoms with E-state index in [4.69, 9.17) is 9.84 Å². The molecule has 0 saturated heterocycles. The summed E-state index contributed by atoms with van der Waals surface area (Å²) in [5, 5.41) is 4.93. The molecule has 3 heterocycles. The van der Waals surface area contributed by atoms with Gasteiger partial charge in [-0.15, -0.1) is 0 Å². The lowest BCUT2D eigenvalue weighted by Gasteiger charge is -2.27. The van der Waals surface area contributed by atoms with Gasteiger partial charge in [0.1, 0.15) is 0 Å². The third-order valence-corrected chi connectivity index (χ3v) is 5.09. The number of pyridine rings is 1. The van der Waals surface area contributed by atoms with Gasteiger partial charge in [-0.2, -0.15) is 5.10 Å². The SMILES string of the molecule is CC(C)OCc1nn(CC2CC2)c2c1CN(Cc1ccccn1)CC2. The van der Waals surface area contributed by atoms with E-state index in [0.717, 1.165) is 49.9 Å². The fraction of sp³-hybridized carbons (Fsp3) is 0.600. The Balaban J connectivity index is 1.52. The molecule has 134 valence electrons. The summed E-state index contributed by atoms with van der Waals surface area (Å²) in [5.41, 5.74) is 5.10. The molecule has 5 heteroatoms. The molecule has 1 saturated carbocycles. The standard InChI is InChI=1S/C20H28N4O/c1-15(2)25-14-19-18-13-23(12-17-5-3-4-9-21-17)10-8-20(18)24(22-19)11-16-6-7-16/h3-5,9,15-16H,6-8,10-14H2,1-2H3. The van der Waals surface area contributed by atoms with E-state index in [1.165, 1.54) is 24.1 Å². The number of nitrogens with zero attached hydrogens (tertiary/aromatic N) is 4. The van der Waals surface area contributed by atoms with Crippen molar-refractivity contribution in [1.29, 1.82) is 0 Å². The van der Waals surface area contributed by atoms with E-state index in [2.05, 4.69) is 40.5 Å². The van der Waals surface area contributed by atoms with E-state index in [1.54, 1.807) is 0 Å². The minimum absolute atomic E-state index is 0.234. The summed E-state index contributed by atoms with van der Waals surface area (Å²) in [6, 6.07) is 6.14. The lowest BCUT2D eigenvalue weighted by Crippen LogP contribution is -2.31. The molecule has 0 atom stereocenters. The second-order valence-electron chi connectivity index (χ2n) is 7.64. The van der Waals surface area contributed by atoms with Gasteiger partial charge < -0.3 is 4.74 Å². The fourth-order valence-corrected chi connectivity index (χ4v) is 3.53. The van der Waals surface area contributed by atoms with Gasteiger partial charge in [0, 0.05) is 50.1 Å². The molecule has 2 aliphatic rings. The maximum Gasteiger partial charge on any atom is 0.0929 e. The van der Waals surface area contributed by atoms with Gasteiger partial charge in [0.05, 0.1) is 24.1 Å². The Hall–Kier alpha value is -1.72. The first kappa shape index (κ1) is 16.7. The molecule has 5 nitrogen and oxygen atoms in total. The van der Waals surface area contributed by atoms with E-state index in [0.29, 0.717) is 6.61 Å². The lowest BCUT2D eigenvalue weighted by molar-refractivity contribution is 0.0623. The Morgan fingerprint density at radius 3 is 2.88 bits per heavy atom. The molecule has 0 unspecified atom stereocenters. The summed E-state index contributed by atoms with van der Waals surface area (Å²) in [6.45, 7) is 8.80. The van der Waals surface area contributed by atoms with Gasteiger partial charge in [-0.3, -0.25) is 14.6 Å². The molecule has 2 aromatic rings. The topological polar surface area (TPSA) is 43.2 Å². The van der Waals surface area contributed by atoms with Crippen molar-refractivity contribution in [1.82, 2.24) is 19.7 Å². The lowest BCUT2D eigenvalue weighted by atomic mass is 10.0. The van der Waals surface area contributed by atoms with Crippen LogP contribution in [0.15, 0.2) is 24.4 Å². The van der Waals surface area contributed by atoms with Crippen molar-refractivity contribution >= 4 is 0 Å². The molecular weight excluding hydrogens is 312 g/mol. The molecule has 0 amide bonds. The predicted octanol–water partition coefficient (Wildman–Crippen LogP) is 3.17. The van der Waals surface area contributed by atoms with E-state index >= 15 is 0 Å². The predicted molar refractivity (Wildman–Crippen MR) is 96.9 cm³/mol. The summed E-state index contributed by atoms with van der Waals surface area (Å²) in [4.78, 5) is 6.96. The summed E-state index contributed by atoms with van der Waals surface area (Å²) >= 11 is 0. The molecule has 1 fully saturated rings. The van der Waals surface area contributed by atoms with Crippen molar-refractivity contribution in [2.75, 3.05) is 6.54 Å². The van der Waals surface area contributed by atoms with Crippen LogP contribution in [0.25, 0.3) is 0 Å². The Labute approximate surface area is 150 Å². The molecule has 0 aromatic carbocycles. The van der Waals surface area contributed by atoms with Gasteiger partial charge in [-0.05, 0) is 44.7 Å². The first-order valence-corrected chi connectivity index (χ1v) is 9.50. The largest absolute Gasteiger partial charge is 0.372 e. The van der Waals surface area contributed by atoms with E-state index in [-0.39, 0.29) is 6.10 Å². The smallest absolute Gasteiger partial charge is 0.0929 e. The Bertz CT molecular complexity index is 706. The number of hydrogen-bond acceptors (Lipinski definition) is 4. The third-order valence-electron chi connectivity index (χ3n) is 5.09. The minimum atomic E-state index is 0.234. The summed E-state index contributed by atoms with van der Waals surface area (Å²) in [7, 11) is 0. The normalized spacial score (nSPS) is 17.9. The zero-order valence-corrected chi connectivity index (χ0v) is 15.3. The van der Waals surface area contributed by atoms with Gasteiger partial charge in [0.25, 0.3) is 0 Å². The van der Waals surface area contributed by atoms with E-state index < -0.39 is 0 Å². The van der Waals surface area contributed by atoms with Crippen molar-refractivity contribution in [3.8, 4) is 0 Å². The van der Waals surface area contributed by atoms with Crippen LogP contribution in [0.1, 0.15) is 49.3 Å². The summed E-state index contributed by atoms with van der Waals surface area (Å²) in [6.07, 6.45) is 5.90. The highest BCUT2D eigenvalue weighted by Crippen LogP contribution is 2.33. The van der Waals surface area contributed by atoms with Crippen LogP contribution in [0.3, 0.4) is 0 Å². The summed E-state index contributed by atoms with van der Waals surface area (Å²) in [5.74, 6) is 0.842. The molecule has 0 bridgehead atoms. The average molecular weight is 340 g/mol. The Morgan fingerprint density at radius 1 is 1.28 bits per heavy atom. The number of ether oxygens (including phenoxy) is 1. The molecule has 4 rings (SSSR count). The second-order valence-corrected chi connectivity index (χ2v) is 7.64. The maximum absolute atomic E-state index is 5.87. The number of aromatic nitrogens is 3. The molecule has 1 aliphatic carbocycles. The van der Waals surface area contributed by atoms with Gasteiger partial charge in [-0.1, -0.05) is 6.07 Å². The van der Waals surface area contributed by atoms with E-state index in [9.17, 15) is 0 Å². The average Bonchev–Trinajstić information content (AvgIpc) is 3.36. The van der Waals surface area contributed by atoms with Gasteiger partial charge in [0.15, 0.2) is 0 Å². The van der Waals surface area contributed by atoms with E-state index in [1.807, 2.05) is 12.3 Å². The second kappa shape index (κ2) is 7.26. The molecule has 25 heavy (non-hydrogen) atoms. The number of rotatable bonds is 7. The van der Waals surface area contributed by atoms with Crippen LogP contribution in [0.4, 0.5) is 0 Å². The molecule has 0 N–H and O–H groups in total. The van der Waals surface area contributed by atoms with Crippen LogP contribution in [-0.2, 0) is 37.4 Å². The highest BCUT2D eigenvalue weighted by atomic mass is 16.5. The molecule has 0 spiro atoms. The van der Waals surface area contributed by atoms with Crippen LogP contribution in [-0.4, -0.2) is 32.3 Å². The number of hydrogen-bond donors (Lipinski definition) is 0. The van der Waals surface area contributed by atoms with Crippen molar-refractivity contribution in [2.24, 2.45) is 5.92 Å². The van der Waals surface area contributed by atoms with Crippen LogP contribution in [0, 0.1) is 5.92 Å². The van der Waals surface area contributed by atoms with Crippen LogP contribution in [0.2, 0.25) is 0 Å². The van der Waals surface area contributed by atoms with Crippen molar-refractivity contribution in [3.63, 3.8) is 0 Å². The first-order chi connectivity index (χ1) is 12.2. The fourth-order valence-electron chi connectivity index (χ4n) is 3.53. The van der Waals surface area contributed by atoms with Gasteiger partial charge in [-0.25, -0.2) is 0 Å².